The molecule has 0 bridgehead atoms. The fourth-order valence-corrected chi connectivity index (χ4v) is 2.91. The number of hydrogen-bond donors (Lipinski definition) is 1. The number of allylic oxidation sites excluding steroid dienone is 1. The van der Waals surface area contributed by atoms with Gasteiger partial charge in [0.15, 0.2) is 5.78 Å². The second-order valence-electron chi connectivity index (χ2n) is 5.61. The summed E-state index contributed by atoms with van der Waals surface area (Å²) in [5.41, 5.74) is 6.47. The van der Waals surface area contributed by atoms with Gasteiger partial charge in [-0.05, 0) is 44.4 Å². The van der Waals surface area contributed by atoms with Crippen molar-refractivity contribution in [2.45, 2.75) is 45.4 Å². The molecule has 0 saturated heterocycles. The van der Waals surface area contributed by atoms with Crippen LogP contribution >= 0.6 is 0 Å². The van der Waals surface area contributed by atoms with Gasteiger partial charge in [0.05, 0.1) is 12.9 Å². The van der Waals surface area contributed by atoms with Gasteiger partial charge in [0, 0.05) is 17.5 Å². The molecule has 0 amide bonds. The number of Topliss-reactive ketones (excluding diaryl/α,β-unsaturated/α-hetero) is 1. The van der Waals surface area contributed by atoms with E-state index in [9.17, 15) is 4.79 Å². The van der Waals surface area contributed by atoms with Gasteiger partial charge in [-0.2, -0.15) is 0 Å². The number of carbonyl (C=O) groups is 1. The Hall–Kier alpha value is -0.830. The van der Waals surface area contributed by atoms with E-state index in [2.05, 4.69) is 6.92 Å². The molecule has 1 fully saturated rings. The van der Waals surface area contributed by atoms with E-state index in [-0.39, 0.29) is 11.2 Å². The number of nitrogens with two attached hydrogens (primary N) is 1. The van der Waals surface area contributed by atoms with Crippen LogP contribution in [-0.2, 0) is 9.53 Å². The SMILES string of the molecule is CC1CCC(CN)(C(=O)C2=COCCC2)CC1. The fraction of sp³-hybridized carbons (Fsp3) is 0.786. The van der Waals surface area contributed by atoms with E-state index < -0.39 is 0 Å². The quantitative estimate of drug-likeness (QED) is 0.820. The van der Waals surface area contributed by atoms with Crippen molar-refractivity contribution in [2.75, 3.05) is 13.2 Å². The topological polar surface area (TPSA) is 52.3 Å². The van der Waals surface area contributed by atoms with E-state index in [4.69, 9.17) is 10.5 Å². The van der Waals surface area contributed by atoms with Crippen LogP contribution in [0.4, 0.5) is 0 Å². The minimum atomic E-state index is -0.293. The highest BCUT2D eigenvalue weighted by Crippen LogP contribution is 2.41. The molecule has 1 saturated carbocycles. The van der Waals surface area contributed by atoms with Crippen LogP contribution in [0, 0.1) is 11.3 Å². The summed E-state index contributed by atoms with van der Waals surface area (Å²) in [5.74, 6) is 0.991. The lowest BCUT2D eigenvalue weighted by atomic mass is 9.66. The molecular formula is C14H23NO2. The van der Waals surface area contributed by atoms with E-state index in [1.165, 1.54) is 0 Å². The summed E-state index contributed by atoms with van der Waals surface area (Å²) in [7, 11) is 0. The molecule has 0 unspecified atom stereocenters. The Bertz CT molecular complexity index is 314. The zero-order valence-corrected chi connectivity index (χ0v) is 10.7. The second kappa shape index (κ2) is 5.21. The molecule has 2 aliphatic rings. The van der Waals surface area contributed by atoms with Crippen molar-refractivity contribution < 1.29 is 9.53 Å². The molecule has 0 atom stereocenters. The Kier molecular flexibility index (Phi) is 3.87. The molecule has 0 aromatic rings. The van der Waals surface area contributed by atoms with Crippen LogP contribution in [0.3, 0.4) is 0 Å². The molecule has 2 rings (SSSR count). The molecule has 1 heterocycles. The molecule has 0 aromatic heterocycles. The van der Waals surface area contributed by atoms with Crippen molar-refractivity contribution in [2.24, 2.45) is 17.1 Å². The molecule has 1 aliphatic carbocycles. The molecule has 17 heavy (non-hydrogen) atoms. The van der Waals surface area contributed by atoms with Crippen molar-refractivity contribution in [3.8, 4) is 0 Å². The summed E-state index contributed by atoms with van der Waals surface area (Å²) >= 11 is 0. The summed E-state index contributed by atoms with van der Waals surface area (Å²) < 4.78 is 5.28. The molecular weight excluding hydrogens is 214 g/mol. The average Bonchev–Trinajstić information content (AvgIpc) is 2.40. The number of hydrogen-bond acceptors (Lipinski definition) is 3. The largest absolute Gasteiger partial charge is 0.501 e. The van der Waals surface area contributed by atoms with Gasteiger partial charge >= 0.3 is 0 Å². The first-order valence-corrected chi connectivity index (χ1v) is 6.73. The van der Waals surface area contributed by atoms with E-state index in [0.29, 0.717) is 6.54 Å². The van der Waals surface area contributed by atoms with Crippen molar-refractivity contribution in [3.05, 3.63) is 11.8 Å². The molecule has 3 heteroatoms. The monoisotopic (exact) mass is 237 g/mol. The van der Waals surface area contributed by atoms with Gasteiger partial charge < -0.3 is 10.5 Å². The molecule has 0 aromatic carbocycles. The van der Waals surface area contributed by atoms with Crippen LogP contribution in [-0.4, -0.2) is 18.9 Å². The van der Waals surface area contributed by atoms with Crippen LogP contribution in [0.25, 0.3) is 0 Å². The maximum Gasteiger partial charge on any atom is 0.169 e. The Labute approximate surface area is 103 Å². The molecule has 96 valence electrons. The lowest BCUT2D eigenvalue weighted by Gasteiger charge is -2.38. The standard InChI is InChI=1S/C14H23NO2/c1-11-4-6-14(10-15,7-5-11)13(16)12-3-2-8-17-9-12/h9,11H,2-8,10,15H2,1H3. The molecule has 0 radical (unpaired) electrons. The maximum atomic E-state index is 12.6. The van der Waals surface area contributed by atoms with Gasteiger partial charge in [0.1, 0.15) is 0 Å². The Morgan fingerprint density at radius 3 is 2.76 bits per heavy atom. The van der Waals surface area contributed by atoms with Gasteiger partial charge in [-0.15, -0.1) is 0 Å². The summed E-state index contributed by atoms with van der Waals surface area (Å²) in [6.07, 6.45) is 7.61. The van der Waals surface area contributed by atoms with Crippen LogP contribution in [0.15, 0.2) is 11.8 Å². The molecule has 1 aliphatic heterocycles. The van der Waals surface area contributed by atoms with Gasteiger partial charge in [0.25, 0.3) is 0 Å². The van der Waals surface area contributed by atoms with Gasteiger partial charge in [0.2, 0.25) is 0 Å². The number of ether oxygens (including phenoxy) is 1. The molecule has 0 spiro atoms. The van der Waals surface area contributed by atoms with Crippen molar-refractivity contribution in [3.63, 3.8) is 0 Å². The Balaban J connectivity index is 2.12. The number of ketones is 1. The summed E-state index contributed by atoms with van der Waals surface area (Å²) in [6, 6.07) is 0. The van der Waals surface area contributed by atoms with Crippen molar-refractivity contribution >= 4 is 5.78 Å². The number of carbonyl (C=O) groups excluding carboxylic acids is 1. The average molecular weight is 237 g/mol. The van der Waals surface area contributed by atoms with Crippen LogP contribution < -0.4 is 5.73 Å². The lowest BCUT2D eigenvalue weighted by Crippen LogP contribution is -2.42. The van der Waals surface area contributed by atoms with E-state index in [0.717, 1.165) is 56.6 Å². The third kappa shape index (κ3) is 2.54. The highest BCUT2D eigenvalue weighted by Gasteiger charge is 2.41. The zero-order valence-electron chi connectivity index (χ0n) is 10.7. The van der Waals surface area contributed by atoms with E-state index in [1.807, 2.05) is 0 Å². The summed E-state index contributed by atoms with van der Waals surface area (Å²) in [5, 5.41) is 0. The highest BCUT2D eigenvalue weighted by atomic mass is 16.5. The van der Waals surface area contributed by atoms with E-state index in [1.54, 1.807) is 6.26 Å². The maximum absolute atomic E-state index is 12.6. The fourth-order valence-electron chi connectivity index (χ4n) is 2.91. The normalized spacial score (nSPS) is 33.8. The Morgan fingerprint density at radius 2 is 2.24 bits per heavy atom. The van der Waals surface area contributed by atoms with Crippen LogP contribution in [0.2, 0.25) is 0 Å². The van der Waals surface area contributed by atoms with Crippen LogP contribution in [0.1, 0.15) is 45.4 Å². The first-order chi connectivity index (χ1) is 8.18. The lowest BCUT2D eigenvalue weighted by molar-refractivity contribution is -0.127. The van der Waals surface area contributed by atoms with Gasteiger partial charge in [-0.1, -0.05) is 6.92 Å². The molecule has 3 nitrogen and oxygen atoms in total. The van der Waals surface area contributed by atoms with Gasteiger partial charge in [-0.3, -0.25) is 4.79 Å². The smallest absolute Gasteiger partial charge is 0.169 e. The first kappa shape index (κ1) is 12.6. The van der Waals surface area contributed by atoms with Gasteiger partial charge in [-0.25, -0.2) is 0 Å². The highest BCUT2D eigenvalue weighted by molar-refractivity contribution is 6.00. The molecule has 2 N–H and O–H groups in total. The van der Waals surface area contributed by atoms with E-state index >= 15 is 0 Å². The van der Waals surface area contributed by atoms with Crippen LogP contribution in [0.5, 0.6) is 0 Å². The minimum absolute atomic E-state index is 0.256. The number of rotatable bonds is 3. The predicted molar refractivity (Wildman–Crippen MR) is 67.4 cm³/mol. The minimum Gasteiger partial charge on any atom is -0.501 e. The Morgan fingerprint density at radius 1 is 1.53 bits per heavy atom. The summed E-state index contributed by atoms with van der Waals surface area (Å²) in [4.78, 5) is 12.6. The third-order valence-corrected chi connectivity index (χ3v) is 4.33. The second-order valence-corrected chi connectivity index (χ2v) is 5.61. The van der Waals surface area contributed by atoms with Crippen molar-refractivity contribution in [1.82, 2.24) is 0 Å². The third-order valence-electron chi connectivity index (χ3n) is 4.33. The zero-order chi connectivity index (χ0) is 12.3. The van der Waals surface area contributed by atoms with Crippen molar-refractivity contribution in [1.29, 1.82) is 0 Å². The first-order valence-electron chi connectivity index (χ1n) is 6.73. The predicted octanol–water partition coefficient (Wildman–Crippen LogP) is 2.41. The summed E-state index contributed by atoms with van der Waals surface area (Å²) in [6.45, 7) is 3.48.